The van der Waals surface area contributed by atoms with Gasteiger partial charge >= 0.3 is 0 Å². The highest BCUT2D eigenvalue weighted by Gasteiger charge is 2.12. The fraction of sp³-hybridized carbons (Fsp3) is 0.308. The highest BCUT2D eigenvalue weighted by Crippen LogP contribution is 2.18. The minimum Gasteiger partial charge on any atom is -0.373 e. The fourth-order valence-electron chi connectivity index (χ4n) is 1.57. The van der Waals surface area contributed by atoms with Crippen molar-refractivity contribution >= 4 is 17.5 Å². The van der Waals surface area contributed by atoms with Gasteiger partial charge in [-0.2, -0.15) is 0 Å². The SMILES string of the molecule is CNc1cc(C(=O)Nc2ccon2)cc(C(C)C)n1. The molecule has 0 aliphatic carbocycles. The first-order valence-electron chi connectivity index (χ1n) is 6.01. The van der Waals surface area contributed by atoms with E-state index in [0.717, 1.165) is 5.69 Å². The minimum atomic E-state index is -0.241. The summed E-state index contributed by atoms with van der Waals surface area (Å²) in [5, 5.41) is 9.25. The summed E-state index contributed by atoms with van der Waals surface area (Å²) in [5.74, 6) is 1.05. The van der Waals surface area contributed by atoms with E-state index in [9.17, 15) is 4.79 Å². The third-order valence-corrected chi connectivity index (χ3v) is 2.63. The number of nitrogens with one attached hydrogen (secondary N) is 2. The quantitative estimate of drug-likeness (QED) is 0.882. The maximum Gasteiger partial charge on any atom is 0.257 e. The van der Waals surface area contributed by atoms with Crippen molar-refractivity contribution in [3.8, 4) is 0 Å². The number of aromatic nitrogens is 2. The molecule has 0 unspecified atom stereocenters. The maximum atomic E-state index is 12.1. The Labute approximate surface area is 111 Å². The molecule has 6 heteroatoms. The summed E-state index contributed by atoms with van der Waals surface area (Å²) in [4.78, 5) is 16.5. The number of anilines is 2. The molecule has 2 aromatic rings. The summed E-state index contributed by atoms with van der Waals surface area (Å²) in [6.45, 7) is 4.06. The number of hydrogen-bond donors (Lipinski definition) is 2. The van der Waals surface area contributed by atoms with E-state index in [1.807, 2.05) is 13.8 Å². The lowest BCUT2D eigenvalue weighted by atomic mass is 10.1. The molecule has 0 spiro atoms. The Hall–Kier alpha value is -2.37. The molecule has 0 saturated carbocycles. The van der Waals surface area contributed by atoms with Gasteiger partial charge in [0.25, 0.3) is 5.91 Å². The Morgan fingerprint density at radius 1 is 1.32 bits per heavy atom. The van der Waals surface area contributed by atoms with Crippen LogP contribution in [0.2, 0.25) is 0 Å². The van der Waals surface area contributed by atoms with E-state index in [1.54, 1.807) is 25.2 Å². The molecule has 2 heterocycles. The second-order valence-electron chi connectivity index (χ2n) is 4.41. The second kappa shape index (κ2) is 5.51. The summed E-state index contributed by atoms with van der Waals surface area (Å²) in [6, 6.07) is 5.06. The average molecular weight is 260 g/mol. The summed E-state index contributed by atoms with van der Waals surface area (Å²) < 4.78 is 4.67. The molecular formula is C13H16N4O2. The number of rotatable bonds is 4. The largest absolute Gasteiger partial charge is 0.373 e. The van der Waals surface area contributed by atoms with Gasteiger partial charge in [-0.3, -0.25) is 4.79 Å². The maximum absolute atomic E-state index is 12.1. The van der Waals surface area contributed by atoms with E-state index in [4.69, 9.17) is 0 Å². The predicted octanol–water partition coefficient (Wildman–Crippen LogP) is 2.49. The van der Waals surface area contributed by atoms with Crippen LogP contribution in [0.4, 0.5) is 11.6 Å². The van der Waals surface area contributed by atoms with E-state index in [2.05, 4.69) is 25.3 Å². The van der Waals surface area contributed by atoms with Gasteiger partial charge in [-0.05, 0) is 18.1 Å². The van der Waals surface area contributed by atoms with Crippen LogP contribution in [0.1, 0.15) is 35.8 Å². The van der Waals surface area contributed by atoms with Crippen molar-refractivity contribution < 1.29 is 9.32 Å². The van der Waals surface area contributed by atoms with Crippen LogP contribution in [0.15, 0.2) is 29.0 Å². The van der Waals surface area contributed by atoms with E-state index in [-0.39, 0.29) is 11.8 Å². The lowest BCUT2D eigenvalue weighted by Crippen LogP contribution is -2.14. The molecule has 0 fully saturated rings. The number of carbonyl (C=O) groups excluding carboxylic acids is 1. The molecule has 0 aromatic carbocycles. The van der Waals surface area contributed by atoms with Gasteiger partial charge in [0.05, 0.1) is 0 Å². The number of carbonyl (C=O) groups is 1. The first-order valence-corrected chi connectivity index (χ1v) is 6.01. The standard InChI is InChI=1S/C13H16N4O2/c1-8(2)10-6-9(7-12(14-3)15-10)13(18)16-11-4-5-19-17-11/h4-8H,1-3H3,(H,14,15)(H,16,17,18). The number of amides is 1. The van der Waals surface area contributed by atoms with E-state index >= 15 is 0 Å². The summed E-state index contributed by atoms with van der Waals surface area (Å²) in [7, 11) is 1.77. The molecule has 0 radical (unpaired) electrons. The van der Waals surface area contributed by atoms with Crippen LogP contribution in [0.25, 0.3) is 0 Å². The molecule has 2 rings (SSSR count). The van der Waals surface area contributed by atoms with Gasteiger partial charge < -0.3 is 15.2 Å². The first-order chi connectivity index (χ1) is 9.10. The molecule has 0 atom stereocenters. The Balaban J connectivity index is 2.27. The Morgan fingerprint density at radius 3 is 2.68 bits per heavy atom. The zero-order chi connectivity index (χ0) is 13.8. The van der Waals surface area contributed by atoms with Crippen LogP contribution < -0.4 is 10.6 Å². The number of nitrogens with zero attached hydrogens (tertiary/aromatic N) is 2. The van der Waals surface area contributed by atoms with E-state index < -0.39 is 0 Å². The van der Waals surface area contributed by atoms with Crippen molar-refractivity contribution in [2.75, 3.05) is 17.7 Å². The number of pyridine rings is 1. The van der Waals surface area contributed by atoms with Gasteiger partial charge in [-0.25, -0.2) is 4.98 Å². The van der Waals surface area contributed by atoms with Crippen molar-refractivity contribution in [3.63, 3.8) is 0 Å². The van der Waals surface area contributed by atoms with Crippen LogP contribution in [0.3, 0.4) is 0 Å². The molecule has 19 heavy (non-hydrogen) atoms. The topological polar surface area (TPSA) is 80.0 Å². The average Bonchev–Trinajstić information content (AvgIpc) is 2.90. The Bertz CT molecular complexity index is 564. The molecule has 2 N–H and O–H groups in total. The smallest absolute Gasteiger partial charge is 0.257 e. The second-order valence-corrected chi connectivity index (χ2v) is 4.41. The van der Waals surface area contributed by atoms with Gasteiger partial charge in [-0.1, -0.05) is 19.0 Å². The molecule has 2 aromatic heterocycles. The highest BCUT2D eigenvalue weighted by molar-refractivity contribution is 6.04. The van der Waals surface area contributed by atoms with Crippen LogP contribution in [0.5, 0.6) is 0 Å². The first kappa shape index (κ1) is 13.1. The van der Waals surface area contributed by atoms with Crippen molar-refractivity contribution in [1.29, 1.82) is 0 Å². The zero-order valence-corrected chi connectivity index (χ0v) is 11.1. The Morgan fingerprint density at radius 2 is 2.11 bits per heavy atom. The van der Waals surface area contributed by atoms with Crippen LogP contribution in [0, 0.1) is 0 Å². The lowest BCUT2D eigenvalue weighted by molar-refractivity contribution is 0.102. The monoisotopic (exact) mass is 260 g/mol. The predicted molar refractivity (Wildman–Crippen MR) is 72.3 cm³/mol. The fourth-order valence-corrected chi connectivity index (χ4v) is 1.57. The molecule has 0 aliphatic rings. The summed E-state index contributed by atoms with van der Waals surface area (Å²) >= 11 is 0. The van der Waals surface area contributed by atoms with Gasteiger partial charge in [0, 0.05) is 24.4 Å². The molecule has 1 amide bonds. The third-order valence-electron chi connectivity index (χ3n) is 2.63. The summed E-state index contributed by atoms with van der Waals surface area (Å²) in [6.07, 6.45) is 1.40. The molecule has 0 bridgehead atoms. The molecule has 6 nitrogen and oxygen atoms in total. The molecular weight excluding hydrogens is 244 g/mol. The molecule has 100 valence electrons. The van der Waals surface area contributed by atoms with Crippen molar-refractivity contribution in [2.24, 2.45) is 0 Å². The summed E-state index contributed by atoms with van der Waals surface area (Å²) in [5.41, 5.74) is 1.39. The van der Waals surface area contributed by atoms with Crippen LogP contribution in [-0.4, -0.2) is 23.1 Å². The van der Waals surface area contributed by atoms with Gasteiger partial charge in [0.15, 0.2) is 5.82 Å². The normalized spacial score (nSPS) is 10.5. The lowest BCUT2D eigenvalue weighted by Gasteiger charge is -2.10. The van der Waals surface area contributed by atoms with Gasteiger partial charge in [0.1, 0.15) is 12.1 Å². The Kier molecular flexibility index (Phi) is 3.79. The molecule has 0 aliphatic heterocycles. The van der Waals surface area contributed by atoms with E-state index in [0.29, 0.717) is 17.2 Å². The van der Waals surface area contributed by atoms with E-state index in [1.165, 1.54) is 6.26 Å². The molecule has 0 saturated heterocycles. The van der Waals surface area contributed by atoms with Crippen molar-refractivity contribution in [1.82, 2.24) is 10.1 Å². The van der Waals surface area contributed by atoms with Crippen LogP contribution >= 0.6 is 0 Å². The van der Waals surface area contributed by atoms with Crippen molar-refractivity contribution in [3.05, 3.63) is 35.7 Å². The third kappa shape index (κ3) is 3.09. The van der Waals surface area contributed by atoms with Crippen LogP contribution in [-0.2, 0) is 0 Å². The van der Waals surface area contributed by atoms with Crippen molar-refractivity contribution in [2.45, 2.75) is 19.8 Å². The highest BCUT2D eigenvalue weighted by atomic mass is 16.5. The number of hydrogen-bond acceptors (Lipinski definition) is 5. The van der Waals surface area contributed by atoms with Gasteiger partial charge in [0.2, 0.25) is 0 Å². The zero-order valence-electron chi connectivity index (χ0n) is 11.1. The minimum absolute atomic E-state index is 0.241. The van der Waals surface area contributed by atoms with Gasteiger partial charge in [-0.15, -0.1) is 0 Å².